The maximum Gasteiger partial charge on any atom is 1.00 e. The van der Waals surface area contributed by atoms with Gasteiger partial charge in [0, 0.05) is 106 Å². The second-order valence-electron chi connectivity index (χ2n) is 31.8. The van der Waals surface area contributed by atoms with Crippen LogP contribution in [0.25, 0.3) is 21.5 Å². The van der Waals surface area contributed by atoms with E-state index in [2.05, 4.69) is 216 Å². The van der Waals surface area contributed by atoms with E-state index >= 15 is 0 Å². The van der Waals surface area contributed by atoms with Crippen molar-refractivity contribution in [2.75, 3.05) is 37.0 Å². The third-order valence-electron chi connectivity index (χ3n) is 22.8. The Morgan fingerprint density at radius 1 is 0.573 bits per heavy atom. The van der Waals surface area contributed by atoms with Gasteiger partial charge in [0.25, 0.3) is 0 Å². The Morgan fingerprint density at radius 2 is 1.00 bits per heavy atom. The van der Waals surface area contributed by atoms with Gasteiger partial charge in [-0.1, -0.05) is 127 Å². The Hall–Kier alpha value is -8.64. The molecular formula is C94H100ClF2N4Na2O12S2+3. The standard InChI is InChI=1S/C47H49FN2O6S.C41H44ClFN2O2.C6H5O.2Na.O3S/c1-46(2)38-30-34(48)20-26-39(38)50(29-10-6-7-16-43(51)52)42(46)28-19-33-14-11-13-32(45(33)56-35-21-23-36(24-22-35)57(53,54)55)18-27-41-47(3,4)44-37-15-9-8-12-31(37)17-25-40(44)49(41)5;1-40(2)32-26-30(43)20-22-33(32)45(25-10-6-7-16-37(46)47)36(40)24-19-29-14-11-13-28(39(29)42)18-23-35-41(3,4)38-31-15-9-8-12-27(31)17-21-34(38)44(35)5;7-6-4-2-1-3-5-6;;;1-4(2)3/h8-9,12,15,17-28,30H,6-7,10-11,13-14,16,29H2,1-5H3,(H-,51,52,53,54,55);8-9,12,15,17-24,26H,6-7,10-11,13-14,16,25H2,1-5H3;2-5,7H;;;/q;;-1;2*+1;/p+2. The molecule has 6 aliphatic rings. The number of unbranched alkanes of at least 4 members (excludes halogenated alkanes) is 4. The number of carboxylic acids is 2. The summed E-state index contributed by atoms with van der Waals surface area (Å²) in [6.45, 7) is 19.0. The molecule has 0 atom stereocenters. The van der Waals surface area contributed by atoms with E-state index < -0.39 is 43.5 Å². The molecule has 117 heavy (non-hydrogen) atoms. The molecule has 8 aromatic carbocycles. The number of hydrogen-bond donors (Lipinski definition) is 3. The summed E-state index contributed by atoms with van der Waals surface area (Å²) in [6.07, 6.45) is 27.2. The first-order valence-corrected chi connectivity index (χ1v) is 41.8. The topological polar surface area (TPSA) is 229 Å². The Morgan fingerprint density at radius 3 is 1.44 bits per heavy atom. The van der Waals surface area contributed by atoms with Gasteiger partial charge < -0.3 is 34.4 Å². The SMILES string of the molecule is C[N+]1=C(C=CC2=C(Cl)C(=CC=C3N(CCCCCC(=O)O)c4ccc(F)cc4C3(C)C)CCC2)C(C)(C)c2c1ccc1ccccc21.C[N+]1=C(C=CC2=C(Oc3ccc(S(=O)(=O)[O-])cc3)C(=CC=C3N(CCCCCC(=O)O)c4ccc(F)cc4C3(C)C)CCC2)C(C)(C)c2c1ccc1ccccc21.O=S(=O)=[OH+].Oc1cc[c-]cc1.[Na+].[Na+]. The van der Waals surface area contributed by atoms with Gasteiger partial charge in [-0.15, -0.1) is 12.1 Å². The number of phenolic OH excluding ortho intramolecular Hbond substituents is 1. The van der Waals surface area contributed by atoms with E-state index in [4.69, 9.17) is 44.3 Å². The van der Waals surface area contributed by atoms with Crippen molar-refractivity contribution in [1.82, 2.24) is 0 Å². The molecule has 0 fully saturated rings. The second kappa shape index (κ2) is 39.5. The summed E-state index contributed by atoms with van der Waals surface area (Å²) in [4.78, 5) is 26.3. The molecule has 0 bridgehead atoms. The van der Waals surface area contributed by atoms with E-state index in [1.165, 1.54) is 86.2 Å². The van der Waals surface area contributed by atoms with E-state index in [0.29, 0.717) is 36.6 Å². The summed E-state index contributed by atoms with van der Waals surface area (Å²) in [7, 11) is -3.24. The first kappa shape index (κ1) is 92.2. The molecule has 0 spiro atoms. The molecule has 4 aliphatic heterocycles. The van der Waals surface area contributed by atoms with E-state index in [1.54, 1.807) is 36.4 Å². The Labute approximate surface area is 736 Å². The molecule has 0 radical (unpaired) electrons. The third kappa shape index (κ3) is 21.2. The average molecular weight is 1660 g/mol. The number of rotatable bonds is 21. The predicted molar refractivity (Wildman–Crippen MR) is 452 cm³/mol. The van der Waals surface area contributed by atoms with Crippen molar-refractivity contribution < 1.29 is 132 Å². The van der Waals surface area contributed by atoms with Crippen molar-refractivity contribution in [2.24, 2.45) is 0 Å². The van der Waals surface area contributed by atoms with Crippen LogP contribution in [0.4, 0.5) is 31.5 Å². The number of carboxylic acid groups (broad SMARTS) is 2. The van der Waals surface area contributed by atoms with Crippen LogP contribution in [0.1, 0.15) is 168 Å². The van der Waals surface area contributed by atoms with E-state index in [1.807, 2.05) is 12.1 Å². The number of aliphatic carboxylic acids is 2. The van der Waals surface area contributed by atoms with Crippen molar-refractivity contribution in [2.45, 2.75) is 172 Å². The number of anilines is 2. The first-order chi connectivity index (χ1) is 54.6. The van der Waals surface area contributed by atoms with Crippen molar-refractivity contribution >= 4 is 100.0 Å². The van der Waals surface area contributed by atoms with Gasteiger partial charge in [-0.3, -0.25) is 9.59 Å². The van der Waals surface area contributed by atoms with E-state index in [0.717, 1.165) is 138 Å². The summed E-state index contributed by atoms with van der Waals surface area (Å²) in [6, 6.07) is 50.6. The second-order valence-corrected chi connectivity index (χ2v) is 34.0. The number of ether oxygens (including phenoxy) is 1. The molecular weight excluding hydrogens is 1560 g/mol. The molecule has 0 aromatic heterocycles. The number of benzene rings is 8. The molecule has 14 rings (SSSR count). The number of aromatic hydroxyl groups is 1. The molecule has 0 saturated carbocycles. The number of phenols is 1. The van der Waals surface area contributed by atoms with Crippen molar-refractivity contribution in [3.05, 3.63) is 291 Å². The Bertz CT molecular complexity index is 5680. The van der Waals surface area contributed by atoms with Crippen LogP contribution in [-0.2, 0) is 52.0 Å². The summed E-state index contributed by atoms with van der Waals surface area (Å²) in [5.74, 6) is -0.749. The fourth-order valence-electron chi connectivity index (χ4n) is 17.1. The molecule has 4 heterocycles. The van der Waals surface area contributed by atoms with Gasteiger partial charge in [0.15, 0.2) is 11.4 Å². The molecule has 8 aromatic rings. The first-order valence-electron chi connectivity index (χ1n) is 38.9. The Balaban J connectivity index is 0.000000235. The Kier molecular flexibility index (Phi) is 31.1. The summed E-state index contributed by atoms with van der Waals surface area (Å²) in [5.41, 5.74) is 16.2. The van der Waals surface area contributed by atoms with Crippen LogP contribution in [0.5, 0.6) is 11.5 Å². The van der Waals surface area contributed by atoms with Gasteiger partial charge in [0.05, 0.1) is 15.7 Å². The van der Waals surface area contributed by atoms with Gasteiger partial charge in [-0.25, -0.2) is 17.2 Å². The van der Waals surface area contributed by atoms with Crippen molar-refractivity contribution in [3.63, 3.8) is 0 Å². The minimum atomic E-state index is -4.63. The summed E-state index contributed by atoms with van der Waals surface area (Å²) < 4.78 is 99.5. The van der Waals surface area contributed by atoms with Gasteiger partial charge >= 0.3 is 81.7 Å². The summed E-state index contributed by atoms with van der Waals surface area (Å²) in [5, 5.41) is 32.6. The fourth-order valence-corrected chi connectivity index (χ4v) is 17.8. The smallest absolute Gasteiger partial charge is 0.744 e. The van der Waals surface area contributed by atoms with Crippen LogP contribution in [0.2, 0.25) is 0 Å². The van der Waals surface area contributed by atoms with Crippen molar-refractivity contribution in [1.29, 1.82) is 0 Å². The van der Waals surface area contributed by atoms with Gasteiger partial charge in [0.1, 0.15) is 47.4 Å². The maximum atomic E-state index is 14.7. The minimum absolute atomic E-state index is 0. The molecule has 600 valence electrons. The van der Waals surface area contributed by atoms with Gasteiger partial charge in [0.2, 0.25) is 11.4 Å². The van der Waals surface area contributed by atoms with E-state index in [9.17, 15) is 31.3 Å². The number of carbonyl (C=O) groups is 2. The molecule has 23 heteroatoms. The average Bonchev–Trinajstić information content (AvgIpc) is 1.59. The molecule has 4 N–H and O–H groups in total. The number of allylic oxidation sites excluding steroid dienone is 15. The quantitative estimate of drug-likeness (QED) is 0.0152. The summed E-state index contributed by atoms with van der Waals surface area (Å²) >= 11 is 7.15. The van der Waals surface area contributed by atoms with Crippen LogP contribution < -0.4 is 73.7 Å². The third-order valence-corrected chi connectivity index (χ3v) is 24.1. The number of halogens is 3. The van der Waals surface area contributed by atoms with Crippen LogP contribution in [-0.4, -0.2) is 101 Å². The molecule has 0 amide bonds. The molecule has 16 nitrogen and oxygen atoms in total. The normalized spacial score (nSPS) is 18.1. The predicted octanol–water partition coefficient (Wildman–Crippen LogP) is 15.0. The van der Waals surface area contributed by atoms with Crippen LogP contribution >= 0.6 is 11.6 Å². The molecule has 2 aliphatic carbocycles. The van der Waals surface area contributed by atoms with Gasteiger partial charge in [-0.2, -0.15) is 31.6 Å². The number of fused-ring (bicyclic) bond motifs is 8. The number of nitrogens with zero attached hydrogens (tertiary/aromatic N) is 4. The number of hydrogen-bond acceptors (Lipinski definition) is 11. The zero-order chi connectivity index (χ0) is 82.9. The van der Waals surface area contributed by atoms with Gasteiger partial charge in [-0.05, 0) is 238 Å². The maximum absolute atomic E-state index is 14.7. The van der Waals surface area contributed by atoms with Crippen molar-refractivity contribution in [3.8, 4) is 11.5 Å². The van der Waals surface area contributed by atoms with Crippen LogP contribution in [0.3, 0.4) is 0 Å². The van der Waals surface area contributed by atoms with E-state index in [-0.39, 0.29) is 99.3 Å². The van der Waals surface area contributed by atoms with Crippen LogP contribution in [0.15, 0.2) is 256 Å². The zero-order valence-electron chi connectivity index (χ0n) is 68.7. The zero-order valence-corrected chi connectivity index (χ0v) is 75.1. The monoisotopic (exact) mass is 1660 g/mol. The largest absolute Gasteiger partial charge is 1.00 e. The minimum Gasteiger partial charge on any atom is -0.744 e. The molecule has 0 unspecified atom stereocenters. The van der Waals surface area contributed by atoms with Crippen LogP contribution in [0, 0.1) is 17.7 Å². The molecule has 0 saturated heterocycles. The fraction of sp³-hybridized carbons (Fsp3) is 0.319.